The highest BCUT2D eigenvalue weighted by atomic mass is 16.5. The van der Waals surface area contributed by atoms with Gasteiger partial charge in [0.05, 0.1) is 13.2 Å². The molecule has 1 aromatic heterocycles. The fourth-order valence-electron chi connectivity index (χ4n) is 1.98. The fraction of sp³-hybridized carbons (Fsp3) is 0.364. The molecule has 1 aromatic rings. The Labute approximate surface area is 93.9 Å². The van der Waals surface area contributed by atoms with Gasteiger partial charge in [0, 0.05) is 18.3 Å². The molecule has 0 unspecified atom stereocenters. The van der Waals surface area contributed by atoms with Crippen LogP contribution >= 0.6 is 0 Å². The van der Waals surface area contributed by atoms with Gasteiger partial charge < -0.3 is 20.4 Å². The van der Waals surface area contributed by atoms with E-state index in [0.29, 0.717) is 24.6 Å². The van der Waals surface area contributed by atoms with E-state index < -0.39 is 5.91 Å². The zero-order chi connectivity index (χ0) is 11.7. The van der Waals surface area contributed by atoms with Crippen molar-refractivity contribution < 1.29 is 9.53 Å². The van der Waals surface area contributed by atoms with Crippen LogP contribution < -0.4 is 15.8 Å². The van der Waals surface area contributed by atoms with Gasteiger partial charge in [0.25, 0.3) is 5.91 Å². The Kier molecular flexibility index (Phi) is 2.60. The minimum Gasteiger partial charge on any atom is -0.491 e. The van der Waals surface area contributed by atoms with Crippen LogP contribution in [0.25, 0.3) is 6.08 Å². The van der Waals surface area contributed by atoms with Crippen molar-refractivity contribution >= 4 is 12.0 Å². The number of nitrogens with one attached hydrogen (secondary N) is 1. The van der Waals surface area contributed by atoms with Crippen molar-refractivity contribution in [3.63, 3.8) is 0 Å². The smallest absolute Gasteiger partial charge is 0.269 e. The minimum atomic E-state index is -0.464. The molecule has 0 saturated carbocycles. The summed E-state index contributed by atoms with van der Waals surface area (Å²) in [6.45, 7) is 3.07. The first-order chi connectivity index (χ1) is 7.66. The average molecular weight is 221 g/mol. The third-order valence-corrected chi connectivity index (χ3v) is 2.67. The molecule has 1 amide bonds. The maximum Gasteiger partial charge on any atom is 0.269 e. The van der Waals surface area contributed by atoms with E-state index in [4.69, 9.17) is 10.5 Å². The molecule has 5 nitrogen and oxygen atoms in total. The topological polar surface area (TPSA) is 69.3 Å². The van der Waals surface area contributed by atoms with Gasteiger partial charge in [0.1, 0.15) is 5.69 Å². The van der Waals surface area contributed by atoms with Crippen LogP contribution in [0.15, 0.2) is 6.20 Å². The molecule has 0 aromatic carbocycles. The van der Waals surface area contributed by atoms with Gasteiger partial charge in [-0.3, -0.25) is 4.79 Å². The number of amides is 1. The monoisotopic (exact) mass is 221 g/mol. The Bertz CT molecular complexity index is 460. The van der Waals surface area contributed by atoms with Crippen molar-refractivity contribution in [1.82, 2.24) is 9.88 Å². The maximum absolute atomic E-state index is 11.4. The molecule has 0 atom stereocenters. The van der Waals surface area contributed by atoms with E-state index in [1.165, 1.54) is 0 Å². The summed E-state index contributed by atoms with van der Waals surface area (Å²) in [5.41, 5.74) is 7.76. The van der Waals surface area contributed by atoms with Crippen molar-refractivity contribution in [2.45, 2.75) is 13.5 Å². The van der Waals surface area contributed by atoms with E-state index in [0.717, 1.165) is 11.3 Å². The number of carbonyl (C=O) groups is 1. The summed E-state index contributed by atoms with van der Waals surface area (Å²) in [7, 11) is 1.82. The molecular formula is C11H15N3O2. The van der Waals surface area contributed by atoms with Crippen molar-refractivity contribution in [2.24, 2.45) is 12.8 Å². The molecule has 1 aliphatic heterocycles. The lowest BCUT2D eigenvalue weighted by Crippen LogP contribution is -2.18. The van der Waals surface area contributed by atoms with Gasteiger partial charge >= 0.3 is 0 Å². The Morgan fingerprint density at radius 1 is 1.69 bits per heavy atom. The number of nitrogens with zero attached hydrogens (tertiary/aromatic N) is 1. The molecule has 0 fully saturated rings. The maximum atomic E-state index is 11.4. The molecule has 5 heteroatoms. The number of ether oxygens (including phenoxy) is 1. The first-order valence-corrected chi connectivity index (χ1v) is 5.20. The van der Waals surface area contributed by atoms with E-state index in [1.54, 1.807) is 4.57 Å². The lowest BCUT2D eigenvalue weighted by molar-refractivity contribution is 0.0988. The van der Waals surface area contributed by atoms with Gasteiger partial charge in [-0.25, -0.2) is 0 Å². The molecular weight excluding hydrogens is 206 g/mol. The van der Waals surface area contributed by atoms with Gasteiger partial charge in [-0.05, 0) is 19.2 Å². The van der Waals surface area contributed by atoms with Gasteiger partial charge in [0.15, 0.2) is 5.75 Å². The number of aromatic nitrogens is 1. The summed E-state index contributed by atoms with van der Waals surface area (Å²) in [6, 6.07) is 0. The number of hydrogen-bond donors (Lipinski definition) is 2. The zero-order valence-corrected chi connectivity index (χ0v) is 9.41. The molecule has 16 heavy (non-hydrogen) atoms. The summed E-state index contributed by atoms with van der Waals surface area (Å²) in [5.74, 6) is 0.124. The third kappa shape index (κ3) is 1.44. The molecule has 1 aliphatic rings. The molecule has 2 rings (SSSR count). The van der Waals surface area contributed by atoms with Crippen LogP contribution in [0, 0.1) is 0 Å². The van der Waals surface area contributed by atoms with Crippen molar-refractivity contribution in [2.75, 3.05) is 6.61 Å². The lowest BCUT2D eigenvalue weighted by atomic mass is 10.1. The SMILES string of the molecule is CCOc1c2c(n(C)c1C(N)=O)CNC=C2. The molecule has 0 aliphatic carbocycles. The minimum absolute atomic E-state index is 0.431. The number of primary amides is 1. The summed E-state index contributed by atoms with van der Waals surface area (Å²) >= 11 is 0. The summed E-state index contributed by atoms with van der Waals surface area (Å²) in [6.07, 6.45) is 3.74. The molecule has 86 valence electrons. The molecule has 2 heterocycles. The van der Waals surface area contributed by atoms with Crippen molar-refractivity contribution in [1.29, 1.82) is 0 Å². The van der Waals surface area contributed by atoms with Crippen LogP contribution in [-0.4, -0.2) is 17.1 Å². The second kappa shape index (κ2) is 3.92. The average Bonchev–Trinajstić information content (AvgIpc) is 2.54. The van der Waals surface area contributed by atoms with Crippen LogP contribution in [0.3, 0.4) is 0 Å². The highest BCUT2D eigenvalue weighted by Gasteiger charge is 2.24. The number of hydrogen-bond acceptors (Lipinski definition) is 3. The molecule has 0 spiro atoms. The first kappa shape index (κ1) is 10.6. The fourth-order valence-corrected chi connectivity index (χ4v) is 1.98. The van der Waals surface area contributed by atoms with Gasteiger partial charge in [-0.1, -0.05) is 0 Å². The quantitative estimate of drug-likeness (QED) is 0.785. The Balaban J connectivity index is 2.64. The predicted octanol–water partition coefficient (Wildman–Crippen LogP) is 0.597. The predicted molar refractivity (Wildman–Crippen MR) is 61.0 cm³/mol. The van der Waals surface area contributed by atoms with Gasteiger partial charge in [-0.2, -0.15) is 0 Å². The highest BCUT2D eigenvalue weighted by molar-refractivity contribution is 5.96. The van der Waals surface area contributed by atoms with Crippen LogP contribution in [0.4, 0.5) is 0 Å². The third-order valence-electron chi connectivity index (χ3n) is 2.67. The second-order valence-corrected chi connectivity index (χ2v) is 3.61. The number of nitrogens with two attached hydrogens (primary N) is 1. The van der Waals surface area contributed by atoms with E-state index >= 15 is 0 Å². The summed E-state index contributed by atoms with van der Waals surface area (Å²) in [4.78, 5) is 11.4. The van der Waals surface area contributed by atoms with E-state index in [9.17, 15) is 4.79 Å². The van der Waals surface area contributed by atoms with Crippen LogP contribution in [0.1, 0.15) is 28.7 Å². The molecule has 0 saturated heterocycles. The molecule has 0 bridgehead atoms. The van der Waals surface area contributed by atoms with Crippen LogP contribution in [-0.2, 0) is 13.6 Å². The van der Waals surface area contributed by atoms with E-state index in [1.807, 2.05) is 26.2 Å². The Morgan fingerprint density at radius 3 is 3.06 bits per heavy atom. The second-order valence-electron chi connectivity index (χ2n) is 3.61. The van der Waals surface area contributed by atoms with Crippen LogP contribution in [0.2, 0.25) is 0 Å². The number of carbonyl (C=O) groups excluding carboxylic acids is 1. The highest BCUT2D eigenvalue weighted by Crippen LogP contribution is 2.32. The van der Waals surface area contributed by atoms with E-state index in [-0.39, 0.29) is 0 Å². The summed E-state index contributed by atoms with van der Waals surface area (Å²) < 4.78 is 7.31. The normalized spacial score (nSPS) is 13.1. The van der Waals surface area contributed by atoms with Gasteiger partial charge in [0.2, 0.25) is 0 Å². The standard InChI is InChI=1S/C11H15N3O2/c1-3-16-10-7-4-5-13-6-8(7)14(2)9(10)11(12)15/h4-5,13H,3,6H2,1-2H3,(H2,12,15). The Morgan fingerprint density at radius 2 is 2.44 bits per heavy atom. The molecule has 0 radical (unpaired) electrons. The first-order valence-electron chi connectivity index (χ1n) is 5.20. The number of fused-ring (bicyclic) bond motifs is 1. The van der Waals surface area contributed by atoms with Crippen molar-refractivity contribution in [3.05, 3.63) is 23.2 Å². The largest absolute Gasteiger partial charge is 0.491 e. The zero-order valence-electron chi connectivity index (χ0n) is 9.41. The van der Waals surface area contributed by atoms with E-state index in [2.05, 4.69) is 5.32 Å². The Hall–Kier alpha value is -1.91. The summed E-state index contributed by atoms with van der Waals surface area (Å²) in [5, 5.41) is 3.09. The van der Waals surface area contributed by atoms with Crippen molar-refractivity contribution in [3.8, 4) is 5.75 Å². The molecule has 3 N–H and O–H groups in total. The number of rotatable bonds is 3. The van der Waals surface area contributed by atoms with Gasteiger partial charge in [-0.15, -0.1) is 0 Å². The van der Waals surface area contributed by atoms with Crippen LogP contribution in [0.5, 0.6) is 5.75 Å². The lowest BCUT2D eigenvalue weighted by Gasteiger charge is -2.10.